The van der Waals surface area contributed by atoms with E-state index in [1.165, 1.54) is 29.3 Å². The molecule has 8 nitrogen and oxygen atoms in total. The Hall–Kier alpha value is -4.21. The molecule has 0 spiro atoms. The lowest BCUT2D eigenvalue weighted by molar-refractivity contribution is -0.0679. The van der Waals surface area contributed by atoms with Crippen molar-refractivity contribution in [1.82, 2.24) is 25.2 Å². The smallest absolute Gasteiger partial charge is 0.319 e. The van der Waals surface area contributed by atoms with Crippen LogP contribution in [0.2, 0.25) is 0 Å². The minimum absolute atomic E-state index is 0.0148. The van der Waals surface area contributed by atoms with Crippen molar-refractivity contribution in [2.24, 2.45) is 11.3 Å². The molecule has 5 heterocycles. The Morgan fingerprint density at radius 3 is 2.70 bits per heavy atom. The quantitative estimate of drug-likeness (QED) is 0.216. The highest BCUT2D eigenvalue weighted by atomic mass is 19.3. The molecule has 0 radical (unpaired) electrons. The van der Waals surface area contributed by atoms with Crippen LogP contribution in [0, 0.1) is 35.3 Å². The van der Waals surface area contributed by atoms with Crippen LogP contribution in [0.1, 0.15) is 35.9 Å². The first kappa shape index (κ1) is 27.0. The van der Waals surface area contributed by atoms with Crippen LogP contribution in [0.3, 0.4) is 0 Å². The van der Waals surface area contributed by atoms with E-state index in [4.69, 9.17) is 15.3 Å². The van der Waals surface area contributed by atoms with Gasteiger partial charge in [0.25, 0.3) is 0 Å². The maximum atomic E-state index is 16.8. The topological polar surface area (TPSA) is 86.6 Å². The molecular formula is C34H34F4N6O2. The van der Waals surface area contributed by atoms with E-state index in [0.717, 1.165) is 18.9 Å². The predicted molar refractivity (Wildman–Crippen MR) is 167 cm³/mol. The van der Waals surface area contributed by atoms with E-state index in [-0.39, 0.29) is 83.1 Å². The number of benzene rings is 2. The Balaban J connectivity index is 1.35. The third-order valence-electron chi connectivity index (χ3n) is 9.60. The van der Waals surface area contributed by atoms with Gasteiger partial charge in [-0.25, -0.2) is 17.6 Å². The van der Waals surface area contributed by atoms with Gasteiger partial charge in [0.2, 0.25) is 6.43 Å². The van der Waals surface area contributed by atoms with Crippen LogP contribution < -0.4 is 15.0 Å². The highest BCUT2D eigenvalue weighted by molar-refractivity contribution is 6.03. The van der Waals surface area contributed by atoms with Gasteiger partial charge in [0.05, 0.1) is 17.6 Å². The maximum absolute atomic E-state index is 16.8. The summed E-state index contributed by atoms with van der Waals surface area (Å²) in [6.07, 6.45) is 6.19. The number of alkyl halides is 2. The summed E-state index contributed by atoms with van der Waals surface area (Å²) in [4.78, 5) is 16.7. The Labute approximate surface area is 268 Å². The van der Waals surface area contributed by atoms with E-state index in [0.29, 0.717) is 24.3 Å². The molecule has 2 bridgehead atoms. The van der Waals surface area contributed by atoms with Gasteiger partial charge in [0.15, 0.2) is 5.82 Å². The molecule has 7 rings (SSSR count). The summed E-state index contributed by atoms with van der Waals surface area (Å²) in [7, 11) is 0. The summed E-state index contributed by atoms with van der Waals surface area (Å²) in [5, 5.41) is 14.9. The van der Waals surface area contributed by atoms with Gasteiger partial charge in [-0.2, -0.15) is 9.97 Å². The molecule has 240 valence electrons. The predicted octanol–water partition coefficient (Wildman–Crippen LogP) is 5.35. The Kier molecular flexibility index (Phi) is 6.77. The van der Waals surface area contributed by atoms with E-state index in [1.807, 2.05) is 4.90 Å². The number of ether oxygens (including phenoxy) is 1. The van der Waals surface area contributed by atoms with E-state index in [2.05, 4.69) is 26.2 Å². The maximum Gasteiger partial charge on any atom is 0.319 e. The average molecular weight is 638 g/mol. The summed E-state index contributed by atoms with van der Waals surface area (Å²) in [5.41, 5.74) is -1.82. The number of hydrogen-bond acceptors (Lipinski definition) is 8. The van der Waals surface area contributed by atoms with Gasteiger partial charge >= 0.3 is 6.01 Å². The average Bonchev–Trinajstić information content (AvgIpc) is 3.39. The number of phenols is 1. The van der Waals surface area contributed by atoms with Gasteiger partial charge < -0.3 is 25.0 Å². The van der Waals surface area contributed by atoms with Crippen LogP contribution in [0.4, 0.5) is 23.4 Å². The molecule has 46 heavy (non-hydrogen) atoms. The van der Waals surface area contributed by atoms with Crippen molar-refractivity contribution in [2.45, 2.75) is 44.7 Å². The number of phenolic OH excluding ortho intramolecular Hbond substituents is 1. The molecule has 0 amide bonds. The molecule has 2 N–H and O–H groups in total. The first-order valence-corrected chi connectivity index (χ1v) is 15.2. The minimum atomic E-state index is -2.72. The van der Waals surface area contributed by atoms with Crippen molar-refractivity contribution in [3.05, 3.63) is 47.7 Å². The lowest BCUT2D eigenvalue weighted by Crippen LogP contribution is -2.51. The molecule has 3 aliphatic heterocycles. The molecule has 3 aliphatic rings. The lowest BCUT2D eigenvalue weighted by atomic mass is 9.73. The number of nitrogens with zero attached hydrogens (tertiary/aromatic N) is 5. The van der Waals surface area contributed by atoms with Crippen molar-refractivity contribution >= 4 is 27.5 Å². The number of aromatic nitrogens is 3. The fraction of sp³-hybridized carbons (Fsp3) is 0.441. The third kappa shape index (κ3) is 5.25. The van der Waals surface area contributed by atoms with Gasteiger partial charge in [0.1, 0.15) is 28.6 Å². The number of fused-ring (bicyclic) bond motifs is 4. The van der Waals surface area contributed by atoms with Gasteiger partial charge in [0, 0.05) is 64.3 Å². The largest absolute Gasteiger partial charge is 0.508 e. The molecule has 4 atom stereocenters. The number of piperazine rings is 1. The molecule has 4 aromatic rings. The Morgan fingerprint density at radius 1 is 1.20 bits per heavy atom. The SMILES string of the molecule is [2H]C([2H])([2H])N1CC[C@H](C(F)F)[C@](C)(COc2nc(N3C[C@H]4CC[C@@H](C3)N4)c3cnc(-c4cc(O)cc5ccc(F)c(C#C)c45)c(F)c3n2)C1. The summed E-state index contributed by atoms with van der Waals surface area (Å²) in [6.45, 7) is -0.352. The second-order valence-corrected chi connectivity index (χ2v) is 12.8. The molecule has 0 aliphatic carbocycles. The van der Waals surface area contributed by atoms with Gasteiger partial charge in [-0.3, -0.25) is 4.98 Å². The zero-order valence-electron chi connectivity index (χ0n) is 28.0. The van der Waals surface area contributed by atoms with Crippen LogP contribution in [0.25, 0.3) is 32.9 Å². The van der Waals surface area contributed by atoms with Gasteiger partial charge in [-0.15, -0.1) is 6.42 Å². The van der Waals surface area contributed by atoms with E-state index >= 15 is 4.39 Å². The van der Waals surface area contributed by atoms with Crippen molar-refractivity contribution < 1.29 is 31.5 Å². The Bertz CT molecular complexity index is 1980. The molecule has 3 fully saturated rings. The number of terminal acetylenes is 1. The van der Waals surface area contributed by atoms with Crippen molar-refractivity contribution in [1.29, 1.82) is 0 Å². The van der Waals surface area contributed by atoms with E-state index in [9.17, 15) is 18.3 Å². The molecular weight excluding hydrogens is 600 g/mol. The molecule has 12 heteroatoms. The van der Waals surface area contributed by atoms with Crippen molar-refractivity contribution in [3.63, 3.8) is 0 Å². The van der Waals surface area contributed by atoms with Crippen molar-refractivity contribution in [3.8, 4) is 35.4 Å². The standard InChI is InChI=1S/C34H34F4N6O2/c1-4-22-26(35)8-5-18-11-21(45)12-23(27(18)22)29-28(36)30-24(13-39-29)32(44-14-19-6-7-20(15-44)40-19)42-33(41-30)46-17-34(2)16-43(3)10-9-25(34)31(37)38/h1,5,8,11-13,19-20,25,31,40,45H,6-7,9-10,14-17H2,2-3H3/t19-,20+,25-,34+/m1/s1/i3D3. The first-order chi connectivity index (χ1) is 23.3. The fourth-order valence-electron chi connectivity index (χ4n) is 7.33. The molecule has 0 saturated carbocycles. The van der Waals surface area contributed by atoms with Crippen LogP contribution in [0.15, 0.2) is 30.5 Å². The van der Waals surface area contributed by atoms with E-state index in [1.54, 1.807) is 6.92 Å². The number of anilines is 1. The van der Waals surface area contributed by atoms with Crippen LogP contribution in [0.5, 0.6) is 11.8 Å². The Morgan fingerprint density at radius 2 is 1.98 bits per heavy atom. The summed E-state index contributed by atoms with van der Waals surface area (Å²) in [6, 6.07) is 5.30. The van der Waals surface area contributed by atoms with E-state index < -0.39 is 36.4 Å². The second-order valence-electron chi connectivity index (χ2n) is 12.8. The monoisotopic (exact) mass is 637 g/mol. The number of nitrogens with one attached hydrogen (secondary N) is 1. The number of pyridine rings is 1. The lowest BCUT2D eigenvalue weighted by Gasteiger charge is -2.44. The molecule has 2 aromatic heterocycles. The van der Waals surface area contributed by atoms with Crippen LogP contribution in [-0.4, -0.2) is 83.2 Å². The minimum Gasteiger partial charge on any atom is -0.508 e. The highest BCUT2D eigenvalue weighted by Crippen LogP contribution is 2.41. The number of hydrogen-bond donors (Lipinski definition) is 2. The van der Waals surface area contributed by atoms with Gasteiger partial charge in [-0.05, 0) is 56.4 Å². The van der Waals surface area contributed by atoms with Crippen molar-refractivity contribution in [2.75, 3.05) is 44.7 Å². The first-order valence-electron chi connectivity index (χ1n) is 16.7. The van der Waals surface area contributed by atoms with Crippen LogP contribution >= 0.6 is 0 Å². The third-order valence-corrected chi connectivity index (χ3v) is 9.60. The van der Waals surface area contributed by atoms with Crippen LogP contribution in [-0.2, 0) is 0 Å². The highest BCUT2D eigenvalue weighted by Gasteiger charge is 2.44. The number of rotatable bonds is 6. The van der Waals surface area contributed by atoms with Gasteiger partial charge in [-0.1, -0.05) is 18.9 Å². The number of aromatic hydroxyl groups is 1. The fourth-order valence-corrected chi connectivity index (χ4v) is 7.33. The molecule has 3 saturated heterocycles. The normalized spacial score (nSPS) is 26.2. The number of halogens is 4. The second kappa shape index (κ2) is 11.5. The summed E-state index contributed by atoms with van der Waals surface area (Å²) < 4.78 is 89.8. The molecule has 2 aromatic carbocycles. The summed E-state index contributed by atoms with van der Waals surface area (Å²) >= 11 is 0. The zero-order valence-corrected chi connectivity index (χ0v) is 25.0. The number of piperidine rings is 1. The molecule has 0 unspecified atom stereocenters. The summed E-state index contributed by atoms with van der Waals surface area (Å²) in [5.74, 6) is -0.331. The number of likely N-dealkylation sites (tertiary alicyclic amines) is 1. The zero-order chi connectivity index (χ0) is 34.8.